The predicted octanol–water partition coefficient (Wildman–Crippen LogP) is 2.79. The van der Waals surface area contributed by atoms with E-state index in [0.29, 0.717) is 0 Å². The van der Waals surface area contributed by atoms with Crippen molar-refractivity contribution in [2.24, 2.45) is 5.92 Å². The van der Waals surface area contributed by atoms with Crippen LogP contribution in [0.15, 0.2) is 30.3 Å². The molecule has 0 amide bonds. The van der Waals surface area contributed by atoms with Gasteiger partial charge in [-0.15, -0.1) is 0 Å². The molecule has 108 valence electrons. The van der Waals surface area contributed by atoms with Crippen LogP contribution in [0.2, 0.25) is 0 Å². The van der Waals surface area contributed by atoms with Crippen molar-refractivity contribution in [3.63, 3.8) is 0 Å². The minimum Gasteiger partial charge on any atom is -0.392 e. The van der Waals surface area contributed by atoms with Gasteiger partial charge in [-0.05, 0) is 29.7 Å². The van der Waals surface area contributed by atoms with Gasteiger partial charge < -0.3 is 5.11 Å². The van der Waals surface area contributed by atoms with E-state index in [1.165, 1.54) is 12.1 Å². The molecule has 0 aromatic heterocycles. The van der Waals surface area contributed by atoms with Gasteiger partial charge in [-0.25, -0.2) is 0 Å². The van der Waals surface area contributed by atoms with Crippen LogP contribution in [0.3, 0.4) is 0 Å². The third-order valence-corrected chi connectivity index (χ3v) is 4.17. The summed E-state index contributed by atoms with van der Waals surface area (Å²) in [6.45, 7) is 2.47. The summed E-state index contributed by atoms with van der Waals surface area (Å²) < 4.78 is 37.7. The molecule has 2 heterocycles. The third-order valence-electron chi connectivity index (χ3n) is 4.17. The molecular weight excluding hydrogens is 267 g/mol. The summed E-state index contributed by atoms with van der Waals surface area (Å²) in [5.74, 6) is 0.00855. The smallest absolute Gasteiger partial charge is 0.392 e. The average Bonchev–Trinajstić information content (AvgIpc) is 2.43. The molecule has 2 bridgehead atoms. The summed E-state index contributed by atoms with van der Waals surface area (Å²) >= 11 is 0. The molecule has 3 rings (SSSR count). The van der Waals surface area contributed by atoms with E-state index in [1.807, 2.05) is 6.08 Å². The van der Waals surface area contributed by atoms with Crippen LogP contribution in [-0.2, 0) is 6.18 Å². The first-order chi connectivity index (χ1) is 9.45. The minimum absolute atomic E-state index is 0.00855. The van der Waals surface area contributed by atoms with E-state index in [0.717, 1.165) is 49.3 Å². The number of rotatable bonds is 1. The van der Waals surface area contributed by atoms with Crippen molar-refractivity contribution in [1.29, 1.82) is 0 Å². The van der Waals surface area contributed by atoms with Gasteiger partial charge in [0.15, 0.2) is 0 Å². The molecule has 1 fully saturated rings. The van der Waals surface area contributed by atoms with Crippen molar-refractivity contribution in [3.8, 4) is 0 Å². The van der Waals surface area contributed by atoms with Crippen LogP contribution in [0, 0.1) is 5.92 Å². The van der Waals surface area contributed by atoms with Gasteiger partial charge in [-0.2, -0.15) is 13.2 Å². The maximum Gasteiger partial charge on any atom is 0.416 e. The largest absolute Gasteiger partial charge is 0.416 e. The van der Waals surface area contributed by atoms with Gasteiger partial charge in [-0.3, -0.25) is 4.90 Å². The second kappa shape index (κ2) is 4.90. The van der Waals surface area contributed by atoms with Crippen LogP contribution in [-0.4, -0.2) is 35.7 Å². The quantitative estimate of drug-likeness (QED) is 0.856. The number of aliphatic hydroxyl groups is 1. The maximum atomic E-state index is 12.6. The van der Waals surface area contributed by atoms with Gasteiger partial charge >= 0.3 is 6.18 Å². The highest BCUT2D eigenvalue weighted by Crippen LogP contribution is 2.36. The van der Waals surface area contributed by atoms with Crippen LogP contribution in [0.4, 0.5) is 13.2 Å². The van der Waals surface area contributed by atoms with Crippen molar-refractivity contribution in [3.05, 3.63) is 41.5 Å². The van der Waals surface area contributed by atoms with Gasteiger partial charge in [-0.1, -0.05) is 18.2 Å². The Bertz CT molecular complexity index is 521. The average molecular weight is 283 g/mol. The first-order valence-electron chi connectivity index (χ1n) is 6.73. The van der Waals surface area contributed by atoms with E-state index in [-0.39, 0.29) is 5.92 Å². The molecule has 20 heavy (non-hydrogen) atoms. The van der Waals surface area contributed by atoms with Crippen molar-refractivity contribution >= 4 is 5.57 Å². The van der Waals surface area contributed by atoms with Crippen molar-refractivity contribution in [2.75, 3.05) is 19.6 Å². The molecule has 0 spiro atoms. The van der Waals surface area contributed by atoms with E-state index in [2.05, 4.69) is 4.90 Å². The monoisotopic (exact) mass is 283 g/mol. The molecule has 1 N–H and O–H groups in total. The fraction of sp³-hybridized carbons (Fsp3) is 0.467. The number of alkyl halides is 3. The van der Waals surface area contributed by atoms with Crippen molar-refractivity contribution in [1.82, 2.24) is 4.90 Å². The molecule has 0 aliphatic carbocycles. The summed E-state index contributed by atoms with van der Waals surface area (Å²) in [5, 5.41) is 10.1. The number of hydrogen-bond acceptors (Lipinski definition) is 2. The highest BCUT2D eigenvalue weighted by molar-refractivity contribution is 5.69. The lowest BCUT2D eigenvalue weighted by Gasteiger charge is -2.40. The Hall–Kier alpha value is -1.33. The molecule has 1 aromatic rings. The predicted molar refractivity (Wildman–Crippen MR) is 70.0 cm³/mol. The van der Waals surface area contributed by atoms with Gasteiger partial charge in [0.05, 0.1) is 11.7 Å². The highest BCUT2D eigenvalue weighted by Gasteiger charge is 2.34. The Balaban J connectivity index is 1.89. The van der Waals surface area contributed by atoms with Gasteiger partial charge in [0, 0.05) is 25.6 Å². The third kappa shape index (κ3) is 2.47. The SMILES string of the molecule is OC1CCN2CC=C(c3ccc(C(F)(F)F)cc3)C1C2. The second-order valence-corrected chi connectivity index (χ2v) is 5.46. The first kappa shape index (κ1) is 13.6. The normalized spacial score (nSPS) is 30.0. The molecule has 2 aliphatic heterocycles. The Labute approximate surface area is 115 Å². The number of nitrogens with zero attached hydrogens (tertiary/aromatic N) is 1. The minimum atomic E-state index is -4.30. The van der Waals surface area contributed by atoms with Crippen LogP contribution >= 0.6 is 0 Å². The molecule has 2 nitrogen and oxygen atoms in total. The van der Waals surface area contributed by atoms with Crippen LogP contribution in [0.25, 0.3) is 5.57 Å². The maximum absolute atomic E-state index is 12.6. The van der Waals surface area contributed by atoms with Crippen molar-refractivity contribution < 1.29 is 18.3 Å². The zero-order valence-corrected chi connectivity index (χ0v) is 10.9. The summed E-state index contributed by atoms with van der Waals surface area (Å²) in [6.07, 6.45) is -1.96. The zero-order chi connectivity index (χ0) is 14.3. The van der Waals surface area contributed by atoms with Crippen molar-refractivity contribution in [2.45, 2.75) is 18.7 Å². The summed E-state index contributed by atoms with van der Waals surface area (Å²) in [6, 6.07) is 5.23. The molecule has 1 saturated heterocycles. The lowest BCUT2D eigenvalue weighted by molar-refractivity contribution is -0.137. The van der Waals surface area contributed by atoms with E-state index >= 15 is 0 Å². The molecular formula is C15H16F3NO. The lowest BCUT2D eigenvalue weighted by atomic mass is 9.81. The first-order valence-corrected chi connectivity index (χ1v) is 6.73. The highest BCUT2D eigenvalue weighted by atomic mass is 19.4. The fourth-order valence-corrected chi connectivity index (χ4v) is 3.04. The van der Waals surface area contributed by atoms with Crippen LogP contribution in [0.1, 0.15) is 17.5 Å². The van der Waals surface area contributed by atoms with E-state index in [4.69, 9.17) is 0 Å². The Morgan fingerprint density at radius 1 is 1.15 bits per heavy atom. The number of piperidine rings is 1. The van der Waals surface area contributed by atoms with Gasteiger partial charge in [0.25, 0.3) is 0 Å². The molecule has 3 atom stereocenters. The Morgan fingerprint density at radius 2 is 1.85 bits per heavy atom. The number of halogens is 3. The summed E-state index contributed by atoms with van der Waals surface area (Å²) in [7, 11) is 0. The summed E-state index contributed by atoms with van der Waals surface area (Å²) in [4.78, 5) is 2.25. The van der Waals surface area contributed by atoms with E-state index in [1.54, 1.807) is 0 Å². The Morgan fingerprint density at radius 3 is 2.50 bits per heavy atom. The fourth-order valence-electron chi connectivity index (χ4n) is 3.04. The topological polar surface area (TPSA) is 23.5 Å². The molecule has 0 saturated carbocycles. The van der Waals surface area contributed by atoms with E-state index in [9.17, 15) is 18.3 Å². The van der Waals surface area contributed by atoms with Crippen LogP contribution < -0.4 is 0 Å². The van der Waals surface area contributed by atoms with Gasteiger partial charge in [0.2, 0.25) is 0 Å². The second-order valence-electron chi connectivity index (χ2n) is 5.46. The lowest BCUT2D eigenvalue weighted by Crippen LogP contribution is -2.46. The molecule has 5 heteroatoms. The van der Waals surface area contributed by atoms with Gasteiger partial charge in [0.1, 0.15) is 0 Å². The number of hydrogen-bond donors (Lipinski definition) is 1. The molecule has 0 radical (unpaired) electrons. The standard InChI is InChI=1S/C15H16F3NO/c16-15(17,18)11-3-1-10(2-4-11)12-5-7-19-8-6-14(20)13(12)9-19/h1-5,13-14,20H,6-9H2. The molecule has 2 aliphatic rings. The zero-order valence-electron chi connectivity index (χ0n) is 10.9. The molecule has 3 unspecified atom stereocenters. The number of aliphatic hydroxyl groups excluding tert-OH is 1. The Kier molecular flexibility index (Phi) is 3.34. The van der Waals surface area contributed by atoms with E-state index < -0.39 is 17.8 Å². The van der Waals surface area contributed by atoms with Crippen LogP contribution in [0.5, 0.6) is 0 Å². The number of fused-ring (bicyclic) bond motifs is 2. The summed E-state index contributed by atoms with van der Waals surface area (Å²) in [5.41, 5.74) is 1.12. The molecule has 1 aromatic carbocycles. The number of benzene rings is 1.